The molecular weight excluding hydrogens is 154 g/mol. The van der Waals surface area contributed by atoms with Gasteiger partial charge in [0.1, 0.15) is 0 Å². The molecule has 1 aromatic rings. The maximum absolute atomic E-state index is 3.49. The van der Waals surface area contributed by atoms with E-state index in [9.17, 15) is 0 Å². The average molecular weight is 167 g/mol. The van der Waals surface area contributed by atoms with E-state index in [4.69, 9.17) is 0 Å². The highest BCUT2D eigenvalue weighted by atomic mass is 32.1. The lowest BCUT2D eigenvalue weighted by Gasteiger charge is -2.05. The number of aryl methyl sites for hydroxylation is 1. The van der Waals surface area contributed by atoms with Crippen molar-refractivity contribution in [3.63, 3.8) is 0 Å². The van der Waals surface area contributed by atoms with Gasteiger partial charge in [0.2, 0.25) is 0 Å². The minimum Gasteiger partial charge on any atom is -0.310 e. The second-order valence-corrected chi connectivity index (χ2v) is 4.25. The normalized spacial score (nSPS) is 24.3. The molecule has 1 fully saturated rings. The van der Waals surface area contributed by atoms with Crippen LogP contribution in [0.4, 0.5) is 0 Å². The Hall–Kier alpha value is -0.340. The van der Waals surface area contributed by atoms with E-state index < -0.39 is 0 Å². The summed E-state index contributed by atoms with van der Waals surface area (Å²) in [4.78, 5) is 1.42. The summed E-state index contributed by atoms with van der Waals surface area (Å²) < 4.78 is 0. The molecule has 1 atom stereocenters. The number of rotatable bonds is 1. The molecule has 0 spiro atoms. The van der Waals surface area contributed by atoms with Crippen LogP contribution in [0.15, 0.2) is 11.4 Å². The number of thiophene rings is 1. The second-order valence-electron chi connectivity index (χ2n) is 3.14. The molecule has 11 heavy (non-hydrogen) atoms. The van der Waals surface area contributed by atoms with Crippen molar-refractivity contribution in [3.05, 3.63) is 21.9 Å². The van der Waals surface area contributed by atoms with Gasteiger partial charge in [-0.25, -0.2) is 0 Å². The Morgan fingerprint density at radius 1 is 1.64 bits per heavy atom. The van der Waals surface area contributed by atoms with Crippen LogP contribution in [0.3, 0.4) is 0 Å². The van der Waals surface area contributed by atoms with Gasteiger partial charge in [0, 0.05) is 10.9 Å². The quantitative estimate of drug-likeness (QED) is 0.677. The molecule has 1 aromatic heterocycles. The lowest BCUT2D eigenvalue weighted by molar-refractivity contribution is 0.650. The molecule has 1 aliphatic heterocycles. The third-order valence-electron chi connectivity index (χ3n) is 2.21. The van der Waals surface area contributed by atoms with Gasteiger partial charge in [-0.2, -0.15) is 0 Å². The summed E-state index contributed by atoms with van der Waals surface area (Å²) in [5.74, 6) is 0. The topological polar surface area (TPSA) is 12.0 Å². The fourth-order valence-electron chi connectivity index (χ4n) is 1.62. The minimum atomic E-state index is 0.653. The molecule has 0 bridgehead atoms. The lowest BCUT2D eigenvalue weighted by atomic mass is 10.1. The van der Waals surface area contributed by atoms with Crippen LogP contribution in [0.25, 0.3) is 0 Å². The van der Waals surface area contributed by atoms with Gasteiger partial charge in [-0.05, 0) is 43.3 Å². The maximum Gasteiger partial charge on any atom is 0.0329 e. The summed E-state index contributed by atoms with van der Waals surface area (Å²) in [6, 6.07) is 2.95. The van der Waals surface area contributed by atoms with E-state index in [1.165, 1.54) is 29.8 Å². The van der Waals surface area contributed by atoms with Crippen molar-refractivity contribution in [2.75, 3.05) is 6.54 Å². The largest absolute Gasteiger partial charge is 0.310 e. The Labute approximate surface area is 71.4 Å². The van der Waals surface area contributed by atoms with Crippen molar-refractivity contribution >= 4 is 11.3 Å². The lowest BCUT2D eigenvalue weighted by Crippen LogP contribution is -2.11. The molecule has 0 unspecified atom stereocenters. The fraction of sp³-hybridized carbons (Fsp3) is 0.556. The van der Waals surface area contributed by atoms with Crippen LogP contribution in [0.5, 0.6) is 0 Å². The first-order valence-corrected chi connectivity index (χ1v) is 5.02. The summed E-state index contributed by atoms with van der Waals surface area (Å²) in [6.07, 6.45) is 2.65. The molecule has 1 N–H and O–H groups in total. The van der Waals surface area contributed by atoms with E-state index in [-0.39, 0.29) is 0 Å². The van der Waals surface area contributed by atoms with Crippen molar-refractivity contribution in [1.82, 2.24) is 5.32 Å². The molecule has 2 rings (SSSR count). The predicted molar refractivity (Wildman–Crippen MR) is 49.0 cm³/mol. The second kappa shape index (κ2) is 2.95. The zero-order valence-electron chi connectivity index (χ0n) is 6.76. The van der Waals surface area contributed by atoms with Crippen LogP contribution >= 0.6 is 11.3 Å². The van der Waals surface area contributed by atoms with Crippen LogP contribution in [-0.2, 0) is 0 Å². The van der Waals surface area contributed by atoms with E-state index in [2.05, 4.69) is 23.7 Å². The summed E-state index contributed by atoms with van der Waals surface area (Å²) >= 11 is 1.85. The zero-order chi connectivity index (χ0) is 7.68. The molecule has 2 heteroatoms. The Morgan fingerprint density at radius 2 is 2.55 bits per heavy atom. The number of hydrogen-bond acceptors (Lipinski definition) is 2. The number of hydrogen-bond donors (Lipinski definition) is 1. The molecule has 0 aliphatic carbocycles. The monoisotopic (exact) mass is 167 g/mol. The minimum absolute atomic E-state index is 0.653. The molecule has 0 amide bonds. The Kier molecular flexibility index (Phi) is 1.96. The Morgan fingerprint density at radius 3 is 3.09 bits per heavy atom. The highest BCUT2D eigenvalue weighted by Gasteiger charge is 2.16. The SMILES string of the molecule is Cc1cc([C@@H]2CCCN2)cs1. The predicted octanol–water partition coefficient (Wildman–Crippen LogP) is 2.48. The molecule has 1 saturated heterocycles. The van der Waals surface area contributed by atoms with E-state index >= 15 is 0 Å². The molecule has 0 radical (unpaired) electrons. The Balaban J connectivity index is 2.15. The van der Waals surface area contributed by atoms with Gasteiger partial charge in [-0.3, -0.25) is 0 Å². The third-order valence-corrected chi connectivity index (χ3v) is 3.09. The van der Waals surface area contributed by atoms with Crippen LogP contribution in [0, 0.1) is 6.92 Å². The van der Waals surface area contributed by atoms with Crippen molar-refractivity contribution in [2.45, 2.75) is 25.8 Å². The van der Waals surface area contributed by atoms with Crippen LogP contribution in [0.2, 0.25) is 0 Å². The number of nitrogens with one attached hydrogen (secondary N) is 1. The molecule has 0 aromatic carbocycles. The molecule has 1 aliphatic rings. The first-order chi connectivity index (χ1) is 5.36. The molecule has 2 heterocycles. The van der Waals surface area contributed by atoms with Crippen molar-refractivity contribution < 1.29 is 0 Å². The van der Waals surface area contributed by atoms with Gasteiger partial charge in [0.15, 0.2) is 0 Å². The van der Waals surface area contributed by atoms with Crippen LogP contribution in [-0.4, -0.2) is 6.54 Å². The summed E-state index contributed by atoms with van der Waals surface area (Å²) in [7, 11) is 0. The van der Waals surface area contributed by atoms with Crippen molar-refractivity contribution in [1.29, 1.82) is 0 Å². The van der Waals surface area contributed by atoms with Crippen molar-refractivity contribution in [3.8, 4) is 0 Å². The van der Waals surface area contributed by atoms with Gasteiger partial charge in [-0.1, -0.05) is 0 Å². The molecule has 60 valence electrons. The Bertz CT molecular complexity index is 235. The first-order valence-electron chi connectivity index (χ1n) is 4.15. The van der Waals surface area contributed by atoms with Gasteiger partial charge >= 0.3 is 0 Å². The highest BCUT2D eigenvalue weighted by Crippen LogP contribution is 2.26. The van der Waals surface area contributed by atoms with E-state index in [1.807, 2.05) is 11.3 Å². The molecule has 1 nitrogen and oxygen atoms in total. The zero-order valence-corrected chi connectivity index (χ0v) is 7.58. The van der Waals surface area contributed by atoms with E-state index in [0.717, 1.165) is 0 Å². The third kappa shape index (κ3) is 1.47. The smallest absolute Gasteiger partial charge is 0.0329 e. The first kappa shape index (κ1) is 7.32. The van der Waals surface area contributed by atoms with Gasteiger partial charge in [-0.15, -0.1) is 11.3 Å². The van der Waals surface area contributed by atoms with Gasteiger partial charge < -0.3 is 5.32 Å². The van der Waals surface area contributed by atoms with Gasteiger partial charge in [0.05, 0.1) is 0 Å². The van der Waals surface area contributed by atoms with Crippen LogP contribution in [0.1, 0.15) is 29.3 Å². The summed E-state index contributed by atoms with van der Waals surface area (Å²) in [5, 5.41) is 5.77. The van der Waals surface area contributed by atoms with E-state index in [1.54, 1.807) is 0 Å². The fourth-order valence-corrected chi connectivity index (χ4v) is 2.37. The van der Waals surface area contributed by atoms with E-state index in [0.29, 0.717) is 6.04 Å². The van der Waals surface area contributed by atoms with Gasteiger partial charge in [0.25, 0.3) is 0 Å². The average Bonchev–Trinajstić information content (AvgIpc) is 2.55. The summed E-state index contributed by atoms with van der Waals surface area (Å²) in [5.41, 5.74) is 1.49. The standard InChI is InChI=1S/C9H13NS/c1-7-5-8(6-11-7)9-3-2-4-10-9/h5-6,9-10H,2-4H2,1H3/t9-/m0/s1. The maximum atomic E-state index is 3.49. The molecular formula is C9H13NS. The molecule has 0 saturated carbocycles. The van der Waals surface area contributed by atoms with Crippen LogP contribution < -0.4 is 5.32 Å². The highest BCUT2D eigenvalue weighted by molar-refractivity contribution is 7.10. The summed E-state index contributed by atoms with van der Waals surface area (Å²) in [6.45, 7) is 3.36. The van der Waals surface area contributed by atoms with Crippen molar-refractivity contribution in [2.24, 2.45) is 0 Å².